The van der Waals surface area contributed by atoms with Gasteiger partial charge in [0.25, 0.3) is 0 Å². The van der Waals surface area contributed by atoms with Gasteiger partial charge in [-0.1, -0.05) is 5.11 Å². The summed E-state index contributed by atoms with van der Waals surface area (Å²) in [5.74, 6) is 0. The van der Waals surface area contributed by atoms with Crippen molar-refractivity contribution in [1.29, 1.82) is 0 Å². The molecule has 0 bridgehead atoms. The van der Waals surface area contributed by atoms with Gasteiger partial charge < -0.3 is 10.0 Å². The van der Waals surface area contributed by atoms with Gasteiger partial charge in [0.15, 0.2) is 0 Å². The lowest BCUT2D eigenvalue weighted by Crippen LogP contribution is -2.29. The third-order valence-corrected chi connectivity index (χ3v) is 1.22. The third-order valence-electron chi connectivity index (χ3n) is 1.22. The fourth-order valence-electron chi connectivity index (χ4n) is 0.802. The Labute approximate surface area is 66.3 Å². The van der Waals surface area contributed by atoms with Crippen molar-refractivity contribution in [3.8, 4) is 0 Å². The minimum absolute atomic E-state index is 0.328. The van der Waals surface area contributed by atoms with Crippen molar-refractivity contribution in [1.82, 2.24) is 4.90 Å². The molecular formula is C6H14N4O. The summed E-state index contributed by atoms with van der Waals surface area (Å²) < 4.78 is 0. The highest BCUT2D eigenvalue weighted by Gasteiger charge is 2.00. The third kappa shape index (κ3) is 7.12. The lowest BCUT2D eigenvalue weighted by atomic mass is 10.4. The van der Waals surface area contributed by atoms with Gasteiger partial charge in [-0.3, -0.25) is 0 Å². The smallest absolute Gasteiger partial charge is 0.0638 e. The van der Waals surface area contributed by atoms with E-state index in [9.17, 15) is 0 Å². The fourth-order valence-corrected chi connectivity index (χ4v) is 0.802. The van der Waals surface area contributed by atoms with E-state index in [2.05, 4.69) is 10.0 Å². The molecule has 1 unspecified atom stereocenters. The van der Waals surface area contributed by atoms with Crippen LogP contribution in [0.5, 0.6) is 0 Å². The lowest BCUT2D eigenvalue weighted by molar-refractivity contribution is 0.143. The molecule has 0 amide bonds. The Kier molecular flexibility index (Phi) is 5.56. The van der Waals surface area contributed by atoms with E-state index in [-0.39, 0.29) is 6.10 Å². The zero-order valence-corrected chi connectivity index (χ0v) is 6.93. The van der Waals surface area contributed by atoms with E-state index in [1.165, 1.54) is 0 Å². The minimum atomic E-state index is -0.328. The lowest BCUT2D eigenvalue weighted by Gasteiger charge is -2.16. The average molecular weight is 158 g/mol. The zero-order valence-electron chi connectivity index (χ0n) is 6.93. The first-order valence-corrected chi connectivity index (χ1v) is 3.54. The summed E-state index contributed by atoms with van der Waals surface area (Å²) in [7, 11) is 1.87. The Bertz CT molecular complexity index is 142. The summed E-state index contributed by atoms with van der Waals surface area (Å²) in [5, 5.41) is 12.3. The number of nitrogens with zero attached hydrogens (tertiary/aromatic N) is 4. The normalized spacial score (nSPS) is 12.7. The summed E-state index contributed by atoms with van der Waals surface area (Å²) in [6.07, 6.45) is -0.328. The number of hydrogen-bond donors (Lipinski definition) is 1. The molecule has 0 rings (SSSR count). The van der Waals surface area contributed by atoms with Crippen LogP contribution in [0.3, 0.4) is 0 Å². The first-order chi connectivity index (χ1) is 5.16. The van der Waals surface area contributed by atoms with E-state index in [0.717, 1.165) is 0 Å². The Balaban J connectivity index is 3.36. The number of hydrogen-bond acceptors (Lipinski definition) is 3. The summed E-state index contributed by atoms with van der Waals surface area (Å²) in [5.41, 5.74) is 7.95. The molecule has 0 radical (unpaired) electrons. The SMILES string of the molecule is CC(O)CN(C)CCN=[N+]=[N-]. The van der Waals surface area contributed by atoms with Gasteiger partial charge in [-0.2, -0.15) is 0 Å². The van der Waals surface area contributed by atoms with Crippen LogP contribution in [0.4, 0.5) is 0 Å². The molecular weight excluding hydrogens is 144 g/mol. The maximum atomic E-state index is 8.93. The monoisotopic (exact) mass is 158 g/mol. The van der Waals surface area contributed by atoms with Gasteiger partial charge in [0.05, 0.1) is 6.10 Å². The molecule has 5 nitrogen and oxygen atoms in total. The Morgan fingerprint density at radius 3 is 2.82 bits per heavy atom. The van der Waals surface area contributed by atoms with Gasteiger partial charge >= 0.3 is 0 Å². The predicted molar refractivity (Wildman–Crippen MR) is 43.2 cm³/mol. The molecule has 64 valence electrons. The van der Waals surface area contributed by atoms with E-state index in [0.29, 0.717) is 19.6 Å². The second-order valence-electron chi connectivity index (χ2n) is 2.57. The summed E-state index contributed by atoms with van der Waals surface area (Å²) in [6, 6.07) is 0. The van der Waals surface area contributed by atoms with Crippen LogP contribution < -0.4 is 0 Å². The maximum absolute atomic E-state index is 8.93. The molecule has 1 N–H and O–H groups in total. The topological polar surface area (TPSA) is 72.2 Å². The standard InChI is InChI=1S/C6H14N4O/c1-6(11)5-10(2)4-3-8-9-7/h6,11H,3-5H2,1-2H3. The molecule has 0 aliphatic carbocycles. The highest BCUT2D eigenvalue weighted by atomic mass is 16.3. The van der Waals surface area contributed by atoms with Crippen molar-refractivity contribution < 1.29 is 5.11 Å². The molecule has 11 heavy (non-hydrogen) atoms. The van der Waals surface area contributed by atoms with Crippen LogP contribution in [0.15, 0.2) is 5.11 Å². The van der Waals surface area contributed by atoms with Gasteiger partial charge in [0, 0.05) is 24.5 Å². The molecule has 0 heterocycles. The van der Waals surface area contributed by atoms with Crippen molar-refractivity contribution in [2.24, 2.45) is 5.11 Å². The van der Waals surface area contributed by atoms with Crippen LogP contribution in [0.1, 0.15) is 6.92 Å². The van der Waals surface area contributed by atoms with Crippen LogP contribution in [0, 0.1) is 0 Å². The molecule has 0 spiro atoms. The summed E-state index contributed by atoms with van der Waals surface area (Å²) in [4.78, 5) is 4.54. The van der Waals surface area contributed by atoms with Crippen LogP contribution in [0.2, 0.25) is 0 Å². The first-order valence-electron chi connectivity index (χ1n) is 3.54. The highest BCUT2D eigenvalue weighted by Crippen LogP contribution is 1.87. The van der Waals surface area contributed by atoms with Gasteiger partial charge in [-0.15, -0.1) is 0 Å². The van der Waals surface area contributed by atoms with E-state index in [1.54, 1.807) is 6.92 Å². The van der Waals surface area contributed by atoms with Crippen LogP contribution in [-0.4, -0.2) is 42.8 Å². The number of aliphatic hydroxyl groups is 1. The molecule has 0 fully saturated rings. The molecule has 0 saturated heterocycles. The van der Waals surface area contributed by atoms with E-state index >= 15 is 0 Å². The maximum Gasteiger partial charge on any atom is 0.0638 e. The van der Waals surface area contributed by atoms with Crippen LogP contribution in [-0.2, 0) is 0 Å². The van der Waals surface area contributed by atoms with E-state index in [4.69, 9.17) is 10.6 Å². The van der Waals surface area contributed by atoms with E-state index < -0.39 is 0 Å². The first kappa shape index (κ1) is 10.2. The van der Waals surface area contributed by atoms with E-state index in [1.807, 2.05) is 11.9 Å². The van der Waals surface area contributed by atoms with Crippen molar-refractivity contribution in [3.63, 3.8) is 0 Å². The number of azide groups is 1. The molecule has 0 saturated carbocycles. The Hall–Kier alpha value is -0.770. The number of rotatable bonds is 5. The fraction of sp³-hybridized carbons (Fsp3) is 1.00. The number of likely N-dealkylation sites (N-methyl/N-ethyl adjacent to an activating group) is 1. The van der Waals surface area contributed by atoms with Crippen molar-refractivity contribution >= 4 is 0 Å². The molecule has 0 aromatic heterocycles. The average Bonchev–Trinajstić information content (AvgIpc) is 1.86. The van der Waals surface area contributed by atoms with Crippen molar-refractivity contribution in [2.75, 3.05) is 26.7 Å². The summed E-state index contributed by atoms with van der Waals surface area (Å²) >= 11 is 0. The molecule has 0 aliphatic heterocycles. The largest absolute Gasteiger partial charge is 0.392 e. The quantitative estimate of drug-likeness (QED) is 0.361. The van der Waals surface area contributed by atoms with Crippen molar-refractivity contribution in [2.45, 2.75) is 13.0 Å². The summed E-state index contributed by atoms with van der Waals surface area (Å²) in [6.45, 7) is 3.49. The minimum Gasteiger partial charge on any atom is -0.392 e. The molecule has 1 atom stereocenters. The Morgan fingerprint density at radius 2 is 2.36 bits per heavy atom. The molecule has 5 heteroatoms. The van der Waals surface area contributed by atoms with Crippen LogP contribution >= 0.6 is 0 Å². The van der Waals surface area contributed by atoms with Gasteiger partial charge in [-0.05, 0) is 19.5 Å². The molecule has 0 aliphatic rings. The molecule has 0 aromatic carbocycles. The predicted octanol–water partition coefficient (Wildman–Crippen LogP) is 0.609. The second-order valence-corrected chi connectivity index (χ2v) is 2.57. The molecule has 0 aromatic rings. The van der Waals surface area contributed by atoms with Gasteiger partial charge in [0.2, 0.25) is 0 Å². The van der Waals surface area contributed by atoms with Gasteiger partial charge in [0.1, 0.15) is 0 Å². The zero-order chi connectivity index (χ0) is 8.69. The van der Waals surface area contributed by atoms with Crippen LogP contribution in [0.25, 0.3) is 10.4 Å². The number of aliphatic hydroxyl groups excluding tert-OH is 1. The Morgan fingerprint density at radius 1 is 1.73 bits per heavy atom. The second kappa shape index (κ2) is 5.97. The highest BCUT2D eigenvalue weighted by molar-refractivity contribution is 4.57. The van der Waals surface area contributed by atoms with Crippen molar-refractivity contribution in [3.05, 3.63) is 10.4 Å². The van der Waals surface area contributed by atoms with Gasteiger partial charge in [-0.25, -0.2) is 0 Å².